The number of hydrogen-bond acceptors (Lipinski definition) is 3. The molecule has 0 amide bonds. The van der Waals surface area contributed by atoms with Gasteiger partial charge in [-0.2, -0.15) is 0 Å². The van der Waals surface area contributed by atoms with Crippen LogP contribution in [0.2, 0.25) is 0 Å². The highest BCUT2D eigenvalue weighted by Gasteiger charge is 2.30. The SMILES string of the molecule is COC(=O)C(C(C)=O)c1cc(F)c(F)cc1F. The van der Waals surface area contributed by atoms with Crippen LogP contribution >= 0.6 is 0 Å². The zero-order chi connectivity index (χ0) is 13.2. The summed E-state index contributed by atoms with van der Waals surface area (Å²) in [6.45, 7) is 1.03. The fourth-order valence-electron chi connectivity index (χ4n) is 1.39. The van der Waals surface area contributed by atoms with Crippen molar-refractivity contribution >= 4 is 11.8 Å². The molecular formula is C11H9F3O3. The van der Waals surface area contributed by atoms with Gasteiger partial charge < -0.3 is 4.74 Å². The van der Waals surface area contributed by atoms with E-state index in [1.54, 1.807) is 0 Å². The maximum absolute atomic E-state index is 13.4. The van der Waals surface area contributed by atoms with Crippen LogP contribution in [0.1, 0.15) is 18.4 Å². The van der Waals surface area contributed by atoms with Gasteiger partial charge in [0.15, 0.2) is 11.6 Å². The molecule has 0 aromatic heterocycles. The van der Waals surface area contributed by atoms with Gasteiger partial charge in [0.25, 0.3) is 0 Å². The van der Waals surface area contributed by atoms with Crippen LogP contribution in [0.5, 0.6) is 0 Å². The van der Waals surface area contributed by atoms with E-state index in [1.807, 2.05) is 0 Å². The fraction of sp³-hybridized carbons (Fsp3) is 0.273. The number of Topliss-reactive ketones (excluding diaryl/α,β-unsaturated/α-hetero) is 1. The predicted octanol–water partition coefficient (Wildman–Crippen LogP) is 1.95. The van der Waals surface area contributed by atoms with Crippen molar-refractivity contribution in [2.45, 2.75) is 12.8 Å². The Morgan fingerprint density at radius 3 is 2.12 bits per heavy atom. The number of carbonyl (C=O) groups is 2. The van der Waals surface area contributed by atoms with Crippen molar-refractivity contribution in [3.8, 4) is 0 Å². The summed E-state index contributed by atoms with van der Waals surface area (Å²) < 4.78 is 43.3. The molecule has 0 fully saturated rings. The summed E-state index contributed by atoms with van der Waals surface area (Å²) in [5, 5.41) is 0. The molecule has 1 aromatic carbocycles. The van der Waals surface area contributed by atoms with E-state index in [4.69, 9.17) is 0 Å². The van der Waals surface area contributed by atoms with Gasteiger partial charge in [-0.15, -0.1) is 0 Å². The molecule has 0 aliphatic rings. The quantitative estimate of drug-likeness (QED) is 0.465. The molecule has 0 bridgehead atoms. The molecule has 92 valence electrons. The standard InChI is InChI=1S/C11H9F3O3/c1-5(15)10(11(16)17-2)6-3-8(13)9(14)4-7(6)12/h3-4,10H,1-2H3. The van der Waals surface area contributed by atoms with Gasteiger partial charge in [0.05, 0.1) is 7.11 Å². The van der Waals surface area contributed by atoms with E-state index < -0.39 is 40.7 Å². The van der Waals surface area contributed by atoms with Crippen molar-refractivity contribution in [1.29, 1.82) is 0 Å². The topological polar surface area (TPSA) is 43.4 Å². The number of ketones is 1. The Morgan fingerprint density at radius 2 is 1.65 bits per heavy atom. The molecule has 6 heteroatoms. The molecule has 0 saturated heterocycles. The Balaban J connectivity index is 3.33. The molecule has 0 spiro atoms. The summed E-state index contributed by atoms with van der Waals surface area (Å²) in [5.41, 5.74) is -0.539. The Kier molecular flexibility index (Phi) is 3.88. The maximum atomic E-state index is 13.4. The molecule has 0 N–H and O–H groups in total. The number of benzene rings is 1. The van der Waals surface area contributed by atoms with Crippen LogP contribution in [0.4, 0.5) is 13.2 Å². The third-order valence-corrected chi connectivity index (χ3v) is 2.19. The lowest BCUT2D eigenvalue weighted by atomic mass is 9.95. The number of ether oxygens (including phenoxy) is 1. The van der Waals surface area contributed by atoms with E-state index in [2.05, 4.69) is 4.74 Å². The van der Waals surface area contributed by atoms with E-state index in [0.717, 1.165) is 14.0 Å². The summed E-state index contributed by atoms with van der Waals surface area (Å²) in [4.78, 5) is 22.5. The molecule has 0 heterocycles. The van der Waals surface area contributed by atoms with Crippen molar-refractivity contribution < 1.29 is 27.5 Å². The van der Waals surface area contributed by atoms with Gasteiger partial charge >= 0.3 is 5.97 Å². The van der Waals surface area contributed by atoms with Crippen LogP contribution < -0.4 is 0 Å². The Morgan fingerprint density at radius 1 is 1.12 bits per heavy atom. The number of carbonyl (C=O) groups excluding carboxylic acids is 2. The van der Waals surface area contributed by atoms with Crippen LogP contribution in [0, 0.1) is 17.5 Å². The summed E-state index contributed by atoms with van der Waals surface area (Å²) in [6.07, 6.45) is 0. The summed E-state index contributed by atoms with van der Waals surface area (Å²) in [6, 6.07) is 0.761. The van der Waals surface area contributed by atoms with E-state index >= 15 is 0 Å². The monoisotopic (exact) mass is 246 g/mol. The Labute approximate surface area is 95.2 Å². The van der Waals surface area contributed by atoms with E-state index in [0.29, 0.717) is 6.07 Å². The highest BCUT2D eigenvalue weighted by atomic mass is 19.2. The highest BCUT2D eigenvalue weighted by Crippen LogP contribution is 2.24. The first-order valence-electron chi connectivity index (χ1n) is 4.61. The van der Waals surface area contributed by atoms with E-state index in [1.165, 1.54) is 0 Å². The smallest absolute Gasteiger partial charge is 0.320 e. The second kappa shape index (κ2) is 4.99. The third-order valence-electron chi connectivity index (χ3n) is 2.19. The minimum absolute atomic E-state index is 0.281. The van der Waals surface area contributed by atoms with Crippen LogP contribution in [-0.2, 0) is 14.3 Å². The van der Waals surface area contributed by atoms with Gasteiger partial charge in [-0.25, -0.2) is 13.2 Å². The molecule has 3 nitrogen and oxygen atoms in total. The molecule has 1 rings (SSSR count). The lowest BCUT2D eigenvalue weighted by Crippen LogP contribution is -2.22. The maximum Gasteiger partial charge on any atom is 0.320 e. The molecule has 1 aromatic rings. The lowest BCUT2D eigenvalue weighted by molar-refractivity contribution is -0.145. The molecular weight excluding hydrogens is 237 g/mol. The predicted molar refractivity (Wildman–Crippen MR) is 51.8 cm³/mol. The molecule has 0 aliphatic heterocycles. The zero-order valence-corrected chi connectivity index (χ0v) is 9.09. The van der Waals surface area contributed by atoms with Crippen molar-refractivity contribution in [2.75, 3.05) is 7.11 Å². The molecule has 1 atom stereocenters. The average Bonchev–Trinajstić information content (AvgIpc) is 2.25. The molecule has 0 aliphatic carbocycles. The number of hydrogen-bond donors (Lipinski definition) is 0. The van der Waals surface area contributed by atoms with Crippen LogP contribution in [-0.4, -0.2) is 18.9 Å². The van der Waals surface area contributed by atoms with Gasteiger partial charge in [0.1, 0.15) is 17.5 Å². The second-order valence-corrected chi connectivity index (χ2v) is 3.35. The van der Waals surface area contributed by atoms with Gasteiger partial charge in [0, 0.05) is 11.6 Å². The van der Waals surface area contributed by atoms with Crippen molar-refractivity contribution in [3.05, 3.63) is 35.1 Å². The largest absolute Gasteiger partial charge is 0.468 e. The first kappa shape index (κ1) is 13.2. The van der Waals surface area contributed by atoms with E-state index in [9.17, 15) is 22.8 Å². The van der Waals surface area contributed by atoms with Crippen LogP contribution in [0.15, 0.2) is 12.1 Å². The van der Waals surface area contributed by atoms with Gasteiger partial charge in [-0.3, -0.25) is 9.59 Å². The number of methoxy groups -OCH3 is 1. The van der Waals surface area contributed by atoms with Crippen molar-refractivity contribution in [3.63, 3.8) is 0 Å². The molecule has 17 heavy (non-hydrogen) atoms. The van der Waals surface area contributed by atoms with E-state index in [-0.39, 0.29) is 6.07 Å². The van der Waals surface area contributed by atoms with Gasteiger partial charge in [0.2, 0.25) is 0 Å². The summed E-state index contributed by atoms with van der Waals surface area (Å²) >= 11 is 0. The number of halogens is 3. The van der Waals surface area contributed by atoms with Gasteiger partial charge in [-0.05, 0) is 13.0 Å². The third kappa shape index (κ3) is 2.64. The Hall–Kier alpha value is -1.85. The normalized spacial score (nSPS) is 12.1. The first-order chi connectivity index (χ1) is 7.88. The number of rotatable bonds is 3. The minimum Gasteiger partial charge on any atom is -0.468 e. The summed E-state index contributed by atoms with van der Waals surface area (Å²) in [7, 11) is 1.01. The summed E-state index contributed by atoms with van der Waals surface area (Å²) in [5.74, 6) is -7.23. The van der Waals surface area contributed by atoms with Crippen molar-refractivity contribution in [1.82, 2.24) is 0 Å². The molecule has 0 radical (unpaired) electrons. The first-order valence-corrected chi connectivity index (χ1v) is 4.61. The van der Waals surface area contributed by atoms with Crippen LogP contribution in [0.25, 0.3) is 0 Å². The van der Waals surface area contributed by atoms with Gasteiger partial charge in [-0.1, -0.05) is 0 Å². The number of esters is 1. The molecule has 1 unspecified atom stereocenters. The second-order valence-electron chi connectivity index (χ2n) is 3.35. The molecule has 0 saturated carbocycles. The zero-order valence-electron chi connectivity index (χ0n) is 9.09. The lowest BCUT2D eigenvalue weighted by Gasteiger charge is -2.12. The minimum atomic E-state index is -1.59. The highest BCUT2D eigenvalue weighted by molar-refractivity contribution is 6.03. The average molecular weight is 246 g/mol. The Bertz CT molecular complexity index is 471. The fourth-order valence-corrected chi connectivity index (χ4v) is 1.39. The van der Waals surface area contributed by atoms with Crippen molar-refractivity contribution in [2.24, 2.45) is 0 Å². The van der Waals surface area contributed by atoms with Crippen LogP contribution in [0.3, 0.4) is 0 Å².